The van der Waals surface area contributed by atoms with Gasteiger partial charge in [0.1, 0.15) is 43.0 Å². The van der Waals surface area contributed by atoms with E-state index in [2.05, 4.69) is 295 Å². The molecule has 0 amide bonds. The summed E-state index contributed by atoms with van der Waals surface area (Å²) in [4.78, 5) is 0. The molecule has 2 aliphatic carbocycles. The predicted molar refractivity (Wildman–Crippen MR) is 348 cm³/mol. The molecule has 1 N–H and O–H groups in total. The number of aliphatic hydroxyl groups excluding tert-OH is 1. The van der Waals surface area contributed by atoms with Crippen molar-refractivity contribution in [3.05, 3.63) is 345 Å². The molecule has 9 atom stereocenters. The van der Waals surface area contributed by atoms with Crippen LogP contribution in [0.1, 0.15) is 129 Å². The molecular weight excluding hydrogens is 1080 g/mol. The molecule has 14 rings (SSSR count). The average Bonchev–Trinajstić information content (AvgIpc) is 1.60. The van der Waals surface area contributed by atoms with Crippen LogP contribution in [0.25, 0.3) is 0 Å². The molecule has 0 aromatic heterocycles. The van der Waals surface area contributed by atoms with Gasteiger partial charge in [0.25, 0.3) is 0 Å². The minimum atomic E-state index is -0.896. The van der Waals surface area contributed by atoms with E-state index in [-0.39, 0.29) is 49.1 Å². The summed E-state index contributed by atoms with van der Waals surface area (Å²) in [6.07, 6.45) is -0.558. The topological polar surface area (TPSA) is 82.2 Å². The highest BCUT2D eigenvalue weighted by atomic mass is 16.6. The third-order valence-corrected chi connectivity index (χ3v) is 19.3. The summed E-state index contributed by atoms with van der Waals surface area (Å²) in [7, 11) is 0. The van der Waals surface area contributed by atoms with Crippen molar-refractivity contribution in [1.29, 1.82) is 0 Å². The van der Waals surface area contributed by atoms with Gasteiger partial charge in [0.2, 0.25) is 0 Å². The lowest BCUT2D eigenvalue weighted by Crippen LogP contribution is -2.35. The molecule has 2 heterocycles. The van der Waals surface area contributed by atoms with Crippen LogP contribution < -0.4 is 9.47 Å². The summed E-state index contributed by atoms with van der Waals surface area (Å²) in [6.45, 7) is 11.2. The van der Waals surface area contributed by atoms with Crippen molar-refractivity contribution in [2.75, 3.05) is 39.6 Å². The van der Waals surface area contributed by atoms with Crippen molar-refractivity contribution < 1.29 is 33.5 Å². The minimum Gasteiger partial charge on any atom is -0.491 e. The van der Waals surface area contributed by atoms with Crippen molar-refractivity contribution >= 4 is 0 Å². The van der Waals surface area contributed by atoms with Crippen LogP contribution in [-0.4, -0.2) is 63.1 Å². The maximum atomic E-state index is 11.7. The van der Waals surface area contributed by atoms with E-state index in [4.69, 9.17) is 28.4 Å². The fourth-order valence-electron chi connectivity index (χ4n) is 14.8. The highest BCUT2D eigenvalue weighted by Gasteiger charge is 2.57. The van der Waals surface area contributed by atoms with Crippen molar-refractivity contribution in [2.24, 2.45) is 0 Å². The predicted octanol–water partition coefficient (Wildman–Crippen LogP) is 16.3. The van der Waals surface area contributed by atoms with Crippen LogP contribution in [0.2, 0.25) is 0 Å². The summed E-state index contributed by atoms with van der Waals surface area (Å²) in [5, 5.41) is 11.7. The van der Waals surface area contributed by atoms with Crippen LogP contribution >= 0.6 is 0 Å². The van der Waals surface area contributed by atoms with Gasteiger partial charge in [0.05, 0.1) is 48.5 Å². The Morgan fingerprint density at radius 2 is 0.727 bits per heavy atom. The normalized spacial score (nSPS) is 23.0. The average molecular weight is 1160 g/mol. The second kappa shape index (κ2) is 23.9. The van der Waals surface area contributed by atoms with Crippen molar-refractivity contribution in [2.45, 2.75) is 91.7 Å². The molecule has 442 valence electrons. The minimum absolute atomic E-state index is 0.00372. The standard InChI is InChI=1S/C81H76O7/c1-78(2,59-33-37-61(38-34-59)81(64-43-47-67(48-44-64)84-51-68-52-85-68)73-32-20-18-30-71(73)75(56-23-11-6-12-24-56)77(81)58-27-15-8-16-28-58)87-50-65(82)49-83-66-45-41-63(42-46-66)80(62-39-35-60(36-40-62)79(3,4)88-54-69-53-86-69)72-31-19-17-29-70(72)74(55-21-9-5-10-22-55)76(80)57-25-13-7-14-26-57/h5-48,65,68-69,74-77,82H,49-54H2,1-4H3. The zero-order valence-corrected chi connectivity index (χ0v) is 50.6. The molecule has 2 aliphatic heterocycles. The Hall–Kier alpha value is -8.40. The third-order valence-electron chi connectivity index (χ3n) is 19.3. The van der Waals surface area contributed by atoms with Crippen molar-refractivity contribution in [3.8, 4) is 11.5 Å². The zero-order valence-electron chi connectivity index (χ0n) is 50.6. The molecule has 0 bridgehead atoms. The zero-order chi connectivity index (χ0) is 59.9. The Kier molecular flexibility index (Phi) is 15.6. The van der Waals surface area contributed by atoms with Crippen molar-refractivity contribution in [3.63, 3.8) is 0 Å². The summed E-state index contributed by atoms with van der Waals surface area (Å²) < 4.78 is 36.8. The Balaban J connectivity index is 0.740. The highest BCUT2D eigenvalue weighted by Crippen LogP contribution is 2.65. The molecule has 2 fully saturated rings. The smallest absolute Gasteiger partial charge is 0.119 e. The molecule has 2 saturated heterocycles. The van der Waals surface area contributed by atoms with Gasteiger partial charge >= 0.3 is 0 Å². The molecule has 7 nitrogen and oxygen atoms in total. The number of rotatable bonds is 22. The van der Waals surface area contributed by atoms with E-state index in [0.29, 0.717) is 19.0 Å². The molecule has 88 heavy (non-hydrogen) atoms. The number of aliphatic hydroxyl groups is 1. The number of benzene rings is 10. The molecule has 10 aromatic rings. The van der Waals surface area contributed by atoms with Crippen LogP contribution in [0.5, 0.6) is 11.5 Å². The van der Waals surface area contributed by atoms with Gasteiger partial charge in [0, 0.05) is 23.7 Å². The third kappa shape index (κ3) is 10.8. The number of epoxide rings is 2. The Morgan fingerprint density at radius 1 is 0.386 bits per heavy atom. The fourth-order valence-corrected chi connectivity index (χ4v) is 14.8. The fraction of sp³-hybridized carbons (Fsp3) is 0.259. The number of fused-ring (bicyclic) bond motifs is 2. The lowest BCUT2D eigenvalue weighted by molar-refractivity contribution is -0.0717. The van der Waals surface area contributed by atoms with Gasteiger partial charge in [-0.25, -0.2) is 0 Å². The first-order valence-corrected chi connectivity index (χ1v) is 31.3. The van der Waals surface area contributed by atoms with Gasteiger partial charge in [-0.1, -0.05) is 243 Å². The molecule has 9 unspecified atom stereocenters. The highest BCUT2D eigenvalue weighted by molar-refractivity contribution is 5.68. The summed E-state index contributed by atoms with van der Waals surface area (Å²) in [5.41, 5.74) is 14.7. The maximum absolute atomic E-state index is 11.7. The van der Waals surface area contributed by atoms with E-state index in [9.17, 15) is 5.11 Å². The van der Waals surface area contributed by atoms with Gasteiger partial charge < -0.3 is 33.5 Å². The number of ether oxygens (including phenoxy) is 6. The van der Waals surface area contributed by atoms with Gasteiger partial charge in [-0.05, 0) is 130 Å². The van der Waals surface area contributed by atoms with E-state index >= 15 is 0 Å². The van der Waals surface area contributed by atoms with E-state index < -0.39 is 28.1 Å². The molecule has 4 aliphatic rings. The Labute approximate surface area is 518 Å². The summed E-state index contributed by atoms with van der Waals surface area (Å²) in [6, 6.07) is 97.6. The number of hydrogen-bond donors (Lipinski definition) is 1. The van der Waals surface area contributed by atoms with Crippen LogP contribution in [-0.2, 0) is 41.0 Å². The van der Waals surface area contributed by atoms with Crippen LogP contribution in [0.4, 0.5) is 0 Å². The summed E-state index contributed by atoms with van der Waals surface area (Å²) >= 11 is 0. The quantitative estimate of drug-likeness (QED) is 0.0677. The number of hydrogen-bond acceptors (Lipinski definition) is 7. The van der Waals surface area contributed by atoms with Gasteiger partial charge in [0.15, 0.2) is 0 Å². The SMILES string of the molecule is CC(C)(OCC(O)COc1ccc(C2(c3ccc(C(C)(C)OCC4CO4)cc3)c3ccccc3C(c3ccccc3)C2c2ccccc2)cc1)c1ccc(C2(c3ccc(OCC4CO4)cc3)c3ccccc3C(c3ccccc3)C2c2ccccc2)cc1. The molecule has 0 saturated carbocycles. The molecule has 0 radical (unpaired) electrons. The lowest BCUT2D eigenvalue weighted by atomic mass is 9.61. The summed E-state index contributed by atoms with van der Waals surface area (Å²) in [5.74, 6) is 1.62. The van der Waals surface area contributed by atoms with Crippen LogP contribution in [0.3, 0.4) is 0 Å². The molecule has 10 aromatic carbocycles. The van der Waals surface area contributed by atoms with Crippen molar-refractivity contribution in [1.82, 2.24) is 0 Å². The van der Waals surface area contributed by atoms with Gasteiger partial charge in [-0.2, -0.15) is 0 Å². The van der Waals surface area contributed by atoms with Gasteiger partial charge in [-0.15, -0.1) is 0 Å². The lowest BCUT2D eigenvalue weighted by Gasteiger charge is -2.41. The first-order valence-electron chi connectivity index (χ1n) is 31.3. The molecule has 7 heteroatoms. The second-order valence-corrected chi connectivity index (χ2v) is 25.4. The first-order chi connectivity index (χ1) is 43.0. The first kappa shape index (κ1) is 57.4. The van der Waals surface area contributed by atoms with Gasteiger partial charge in [-0.3, -0.25) is 0 Å². The van der Waals surface area contributed by atoms with E-state index in [1.54, 1.807) is 0 Å². The maximum Gasteiger partial charge on any atom is 0.119 e. The van der Waals surface area contributed by atoms with Crippen LogP contribution in [0.15, 0.2) is 267 Å². The van der Waals surface area contributed by atoms with E-state index in [1.165, 1.54) is 61.2 Å². The molecule has 0 spiro atoms. The Bertz CT molecular complexity index is 3960. The monoisotopic (exact) mass is 1160 g/mol. The largest absolute Gasteiger partial charge is 0.491 e. The second-order valence-electron chi connectivity index (χ2n) is 25.4. The van der Waals surface area contributed by atoms with Crippen LogP contribution in [0, 0.1) is 0 Å². The Morgan fingerprint density at radius 3 is 1.14 bits per heavy atom. The molecular formula is C81H76O7. The van der Waals surface area contributed by atoms with E-state index in [0.717, 1.165) is 35.7 Å². The van der Waals surface area contributed by atoms with E-state index in [1.807, 2.05) is 0 Å².